The van der Waals surface area contributed by atoms with Crippen molar-refractivity contribution in [3.8, 4) is 28.0 Å². The van der Waals surface area contributed by atoms with Crippen molar-refractivity contribution in [2.24, 2.45) is 0 Å². The van der Waals surface area contributed by atoms with Crippen LogP contribution in [0.4, 0.5) is 13.2 Å². The lowest BCUT2D eigenvalue weighted by Crippen LogP contribution is -2.00. The van der Waals surface area contributed by atoms with Gasteiger partial charge < -0.3 is 4.74 Å². The second kappa shape index (κ2) is 14.0. The van der Waals surface area contributed by atoms with E-state index < -0.39 is 11.6 Å². The molecule has 4 rings (SSSR count). The van der Waals surface area contributed by atoms with Gasteiger partial charge in [-0.15, -0.1) is 0 Å². The smallest absolute Gasteiger partial charge is 0.167 e. The van der Waals surface area contributed by atoms with Crippen molar-refractivity contribution in [2.75, 3.05) is 6.61 Å². The predicted octanol–water partition coefficient (Wildman–Crippen LogP) is 10.3. The number of benzene rings is 4. The third-order valence-corrected chi connectivity index (χ3v) is 7.18. The fourth-order valence-corrected chi connectivity index (χ4v) is 4.75. The molecule has 39 heavy (non-hydrogen) atoms. The van der Waals surface area contributed by atoms with E-state index in [9.17, 15) is 13.2 Å². The summed E-state index contributed by atoms with van der Waals surface area (Å²) in [5.41, 5.74) is 4.40. The van der Waals surface area contributed by atoms with Crippen LogP contribution in [0, 0.1) is 24.4 Å². The normalized spacial score (nSPS) is 11.1. The summed E-state index contributed by atoms with van der Waals surface area (Å²) in [5, 5.41) is 0. The molecule has 1 nitrogen and oxygen atoms in total. The zero-order valence-corrected chi connectivity index (χ0v) is 22.9. The van der Waals surface area contributed by atoms with Crippen LogP contribution in [-0.2, 0) is 12.8 Å². The molecule has 0 spiro atoms. The van der Waals surface area contributed by atoms with E-state index in [2.05, 4.69) is 6.92 Å². The van der Waals surface area contributed by atoms with Gasteiger partial charge in [0.1, 0.15) is 11.6 Å². The van der Waals surface area contributed by atoms with Crippen molar-refractivity contribution in [3.05, 3.63) is 113 Å². The van der Waals surface area contributed by atoms with Gasteiger partial charge in [0, 0.05) is 17.2 Å². The summed E-state index contributed by atoms with van der Waals surface area (Å²) >= 11 is 0. The highest BCUT2D eigenvalue weighted by molar-refractivity contribution is 5.72. The summed E-state index contributed by atoms with van der Waals surface area (Å²) < 4.78 is 50.3. The number of halogens is 3. The average molecular weight is 531 g/mol. The Morgan fingerprint density at radius 1 is 0.615 bits per heavy atom. The van der Waals surface area contributed by atoms with E-state index in [0.29, 0.717) is 41.9 Å². The molecule has 0 saturated carbocycles. The predicted molar refractivity (Wildman–Crippen MR) is 155 cm³/mol. The monoisotopic (exact) mass is 530 g/mol. The lowest BCUT2D eigenvalue weighted by atomic mass is 9.97. The topological polar surface area (TPSA) is 9.23 Å². The quantitative estimate of drug-likeness (QED) is 0.156. The summed E-state index contributed by atoms with van der Waals surface area (Å²) in [5.74, 6) is -1.41. The molecule has 0 radical (unpaired) electrons. The van der Waals surface area contributed by atoms with E-state index >= 15 is 0 Å². The average Bonchev–Trinajstić information content (AvgIpc) is 2.94. The van der Waals surface area contributed by atoms with Gasteiger partial charge in [0.05, 0.1) is 6.61 Å². The first kappa shape index (κ1) is 28.5. The number of hydrogen-bond donors (Lipinski definition) is 0. The van der Waals surface area contributed by atoms with Crippen LogP contribution in [0.1, 0.15) is 62.1 Å². The minimum absolute atomic E-state index is 0.220. The Bertz CT molecular complexity index is 1340. The fraction of sp³-hybridized carbons (Fsp3) is 0.314. The first-order valence-electron chi connectivity index (χ1n) is 14.0. The molecule has 4 aromatic carbocycles. The maximum atomic E-state index is 15.0. The third kappa shape index (κ3) is 7.75. The van der Waals surface area contributed by atoms with Gasteiger partial charge in [-0.25, -0.2) is 13.2 Å². The van der Waals surface area contributed by atoms with Crippen molar-refractivity contribution in [3.63, 3.8) is 0 Å². The van der Waals surface area contributed by atoms with Gasteiger partial charge in [0.25, 0.3) is 0 Å². The van der Waals surface area contributed by atoms with Crippen LogP contribution in [0.3, 0.4) is 0 Å². The van der Waals surface area contributed by atoms with Crippen LogP contribution in [-0.4, -0.2) is 6.61 Å². The molecule has 0 unspecified atom stereocenters. The van der Waals surface area contributed by atoms with Gasteiger partial charge in [-0.2, -0.15) is 0 Å². The minimum atomic E-state index is -0.860. The lowest BCUT2D eigenvalue weighted by Gasteiger charge is -2.11. The molecular formula is C35H37F3O. The Morgan fingerprint density at radius 3 is 1.82 bits per heavy atom. The van der Waals surface area contributed by atoms with Crippen LogP contribution < -0.4 is 4.74 Å². The highest BCUT2D eigenvalue weighted by atomic mass is 19.2. The molecule has 4 aromatic rings. The van der Waals surface area contributed by atoms with E-state index in [1.807, 2.05) is 37.3 Å². The van der Waals surface area contributed by atoms with Gasteiger partial charge in [-0.05, 0) is 54.5 Å². The van der Waals surface area contributed by atoms with E-state index in [1.165, 1.54) is 31.7 Å². The van der Waals surface area contributed by atoms with Crippen LogP contribution in [0.5, 0.6) is 5.75 Å². The molecule has 0 aliphatic heterocycles. The molecule has 0 heterocycles. The zero-order valence-electron chi connectivity index (χ0n) is 22.9. The summed E-state index contributed by atoms with van der Waals surface area (Å²) in [6, 6.07) is 23.0. The van der Waals surface area contributed by atoms with Crippen molar-refractivity contribution in [2.45, 2.75) is 65.2 Å². The summed E-state index contributed by atoms with van der Waals surface area (Å²) in [4.78, 5) is 0. The first-order chi connectivity index (χ1) is 19.0. The third-order valence-electron chi connectivity index (χ3n) is 7.18. The van der Waals surface area contributed by atoms with Crippen molar-refractivity contribution >= 4 is 0 Å². The summed E-state index contributed by atoms with van der Waals surface area (Å²) in [6.07, 6.45) is 8.29. The SMILES string of the molecule is CCCCCCCCOc1ccc(CCc2ccc(-c3ccc(-c4ccc(C)cc4)c(F)c3F)cc2)c(F)c1. The number of ether oxygens (including phenoxy) is 1. The number of unbranched alkanes of at least 4 members (excludes halogenated alkanes) is 5. The van der Waals surface area contributed by atoms with Gasteiger partial charge in [-0.1, -0.05) is 111 Å². The molecule has 0 fully saturated rings. The van der Waals surface area contributed by atoms with Crippen LogP contribution in [0.2, 0.25) is 0 Å². The Balaban J connectivity index is 1.32. The molecule has 0 atom stereocenters. The molecule has 0 aromatic heterocycles. The molecule has 0 bridgehead atoms. The maximum absolute atomic E-state index is 15.0. The summed E-state index contributed by atoms with van der Waals surface area (Å²) in [6.45, 7) is 4.76. The molecular weight excluding hydrogens is 493 g/mol. The molecule has 204 valence electrons. The maximum Gasteiger partial charge on any atom is 0.167 e. The second-order valence-corrected chi connectivity index (χ2v) is 10.2. The van der Waals surface area contributed by atoms with E-state index in [1.54, 1.807) is 42.5 Å². The molecule has 0 N–H and O–H groups in total. The molecule has 0 saturated heterocycles. The van der Waals surface area contributed by atoms with E-state index in [0.717, 1.165) is 24.0 Å². The van der Waals surface area contributed by atoms with Crippen molar-refractivity contribution in [1.29, 1.82) is 0 Å². The van der Waals surface area contributed by atoms with Crippen LogP contribution in [0.15, 0.2) is 78.9 Å². The van der Waals surface area contributed by atoms with Crippen LogP contribution in [0.25, 0.3) is 22.3 Å². The molecule has 0 amide bonds. The first-order valence-corrected chi connectivity index (χ1v) is 14.0. The van der Waals surface area contributed by atoms with Crippen molar-refractivity contribution in [1.82, 2.24) is 0 Å². The Morgan fingerprint density at radius 2 is 1.21 bits per heavy atom. The van der Waals surface area contributed by atoms with E-state index in [4.69, 9.17) is 4.74 Å². The summed E-state index contributed by atoms with van der Waals surface area (Å²) in [7, 11) is 0. The number of rotatable bonds is 13. The van der Waals surface area contributed by atoms with Gasteiger partial charge in [-0.3, -0.25) is 0 Å². The number of aryl methyl sites for hydroxylation is 3. The fourth-order valence-electron chi connectivity index (χ4n) is 4.75. The highest BCUT2D eigenvalue weighted by Crippen LogP contribution is 2.32. The van der Waals surface area contributed by atoms with Crippen molar-refractivity contribution < 1.29 is 17.9 Å². The van der Waals surface area contributed by atoms with Crippen LogP contribution >= 0.6 is 0 Å². The Labute approximate surface area is 230 Å². The van der Waals surface area contributed by atoms with E-state index in [-0.39, 0.29) is 16.9 Å². The Kier molecular flexibility index (Phi) is 10.2. The standard InChI is InChI=1S/C35H37F3O/c1-3-4-5-6-7-8-23-39-30-20-19-29(33(36)24-30)18-13-26-11-16-28(17-12-26)32-22-21-31(34(37)35(32)38)27-14-9-25(2)10-15-27/h9-12,14-17,19-22,24H,3-8,13,18,23H2,1-2H3. The largest absolute Gasteiger partial charge is 0.493 e. The second-order valence-electron chi connectivity index (χ2n) is 10.2. The van der Waals surface area contributed by atoms with Gasteiger partial charge in [0.15, 0.2) is 11.6 Å². The van der Waals surface area contributed by atoms with Gasteiger partial charge in [0.2, 0.25) is 0 Å². The Hall–Kier alpha value is -3.53. The number of hydrogen-bond acceptors (Lipinski definition) is 1. The highest BCUT2D eigenvalue weighted by Gasteiger charge is 2.16. The molecule has 0 aliphatic rings. The lowest BCUT2D eigenvalue weighted by molar-refractivity contribution is 0.302. The minimum Gasteiger partial charge on any atom is -0.493 e. The zero-order chi connectivity index (χ0) is 27.6. The molecule has 4 heteroatoms. The van der Waals surface area contributed by atoms with Gasteiger partial charge >= 0.3 is 0 Å². The molecule has 0 aliphatic carbocycles.